The first kappa shape index (κ1) is 29.5. The molecule has 0 saturated heterocycles. The molecule has 4 aromatic carbocycles. The highest BCUT2D eigenvalue weighted by atomic mass is 16.5. The fraction of sp³-hybridized carbons (Fsp3) is 0.212. The lowest BCUT2D eigenvalue weighted by molar-refractivity contribution is -0.259. The Morgan fingerprint density at radius 3 is 2.02 bits per heavy atom. The van der Waals surface area contributed by atoms with E-state index in [0.29, 0.717) is 36.3 Å². The monoisotopic (exact) mass is 554 g/mol. The number of amides is 2. The molecule has 0 radical (unpaired) electrons. The average molecular weight is 555 g/mol. The standard InChI is InChI=1S/C33H34N2O6/c36-31(34-40)18-8-3-11-23-41-30-17-10-9-14-28(30)24-35(33(38,39)29-15-6-2-7-16-29)32(37)27-21-19-26(20-22-27)25-12-4-1-5-13-25/h1-2,4-7,9-10,12-17,19-22,38-40H,3,8,11,18,23-24H2,(H,34,36). The number of hydrogen-bond acceptors (Lipinski definition) is 6. The summed E-state index contributed by atoms with van der Waals surface area (Å²) in [6.07, 6.45) is 2.24. The van der Waals surface area contributed by atoms with E-state index in [1.165, 1.54) is 0 Å². The summed E-state index contributed by atoms with van der Waals surface area (Å²) in [6, 6.07) is 32.2. The van der Waals surface area contributed by atoms with Crippen molar-refractivity contribution in [2.45, 2.75) is 38.1 Å². The van der Waals surface area contributed by atoms with Gasteiger partial charge in [-0.2, -0.15) is 0 Å². The molecule has 0 saturated carbocycles. The Hall–Kier alpha value is -4.50. The van der Waals surface area contributed by atoms with Crippen LogP contribution in [0.2, 0.25) is 0 Å². The molecule has 2 amide bonds. The summed E-state index contributed by atoms with van der Waals surface area (Å²) in [5.74, 6) is -3.07. The second-order valence-electron chi connectivity index (χ2n) is 9.64. The normalized spacial score (nSPS) is 11.1. The largest absolute Gasteiger partial charge is 0.493 e. The molecule has 41 heavy (non-hydrogen) atoms. The van der Waals surface area contributed by atoms with Gasteiger partial charge in [0.1, 0.15) is 5.75 Å². The minimum Gasteiger partial charge on any atom is -0.493 e. The molecule has 0 unspecified atom stereocenters. The van der Waals surface area contributed by atoms with Gasteiger partial charge < -0.3 is 14.9 Å². The fourth-order valence-electron chi connectivity index (χ4n) is 4.48. The predicted molar refractivity (Wildman–Crippen MR) is 155 cm³/mol. The number of hydrogen-bond donors (Lipinski definition) is 4. The third-order valence-electron chi connectivity index (χ3n) is 6.75. The van der Waals surface area contributed by atoms with Crippen LogP contribution in [0.5, 0.6) is 5.75 Å². The van der Waals surface area contributed by atoms with Gasteiger partial charge in [-0.05, 0) is 48.6 Å². The van der Waals surface area contributed by atoms with Crippen molar-refractivity contribution >= 4 is 11.8 Å². The van der Waals surface area contributed by atoms with Gasteiger partial charge in [0.25, 0.3) is 11.8 Å². The Balaban J connectivity index is 1.55. The van der Waals surface area contributed by atoms with Crippen molar-refractivity contribution in [2.24, 2.45) is 0 Å². The van der Waals surface area contributed by atoms with Gasteiger partial charge in [0.2, 0.25) is 5.91 Å². The van der Waals surface area contributed by atoms with E-state index in [1.807, 2.05) is 42.5 Å². The van der Waals surface area contributed by atoms with Crippen molar-refractivity contribution in [3.8, 4) is 16.9 Å². The smallest absolute Gasteiger partial charge is 0.278 e. The zero-order valence-electron chi connectivity index (χ0n) is 22.6. The lowest BCUT2D eigenvalue weighted by Gasteiger charge is -2.36. The van der Waals surface area contributed by atoms with Crippen LogP contribution >= 0.6 is 0 Å². The minimum absolute atomic E-state index is 0.131. The van der Waals surface area contributed by atoms with E-state index in [2.05, 4.69) is 0 Å². The average Bonchev–Trinajstić information content (AvgIpc) is 3.02. The first-order valence-electron chi connectivity index (χ1n) is 13.5. The molecule has 212 valence electrons. The molecule has 0 aliphatic rings. The van der Waals surface area contributed by atoms with Crippen molar-refractivity contribution < 1.29 is 29.7 Å². The highest BCUT2D eigenvalue weighted by Gasteiger charge is 2.38. The van der Waals surface area contributed by atoms with Crippen LogP contribution in [0.3, 0.4) is 0 Å². The molecule has 0 atom stereocenters. The van der Waals surface area contributed by atoms with E-state index >= 15 is 0 Å². The van der Waals surface area contributed by atoms with Crippen LogP contribution in [0.25, 0.3) is 11.1 Å². The van der Waals surface area contributed by atoms with Crippen LogP contribution in [-0.4, -0.2) is 38.7 Å². The maximum atomic E-state index is 13.9. The number of para-hydroxylation sites is 1. The molecule has 0 aliphatic carbocycles. The van der Waals surface area contributed by atoms with Crippen LogP contribution in [0.4, 0.5) is 0 Å². The van der Waals surface area contributed by atoms with Gasteiger partial charge in [0, 0.05) is 23.1 Å². The molecular weight excluding hydrogens is 520 g/mol. The number of unbranched alkanes of at least 4 members (excludes halogenated alkanes) is 2. The summed E-state index contributed by atoms with van der Waals surface area (Å²) < 4.78 is 5.99. The number of carbonyl (C=O) groups is 2. The Morgan fingerprint density at radius 1 is 0.732 bits per heavy atom. The molecule has 0 spiro atoms. The zero-order valence-corrected chi connectivity index (χ0v) is 22.6. The summed E-state index contributed by atoms with van der Waals surface area (Å²) in [6.45, 7) is 0.239. The number of aliphatic hydroxyl groups is 2. The van der Waals surface area contributed by atoms with E-state index in [4.69, 9.17) is 9.94 Å². The van der Waals surface area contributed by atoms with E-state index in [1.54, 1.807) is 72.2 Å². The summed E-state index contributed by atoms with van der Waals surface area (Å²) in [5.41, 5.74) is 4.62. The molecule has 0 heterocycles. The van der Waals surface area contributed by atoms with Gasteiger partial charge in [-0.3, -0.25) is 19.7 Å². The highest BCUT2D eigenvalue weighted by Crippen LogP contribution is 2.30. The number of hydroxylamine groups is 1. The molecule has 4 aromatic rings. The molecule has 8 heteroatoms. The lowest BCUT2D eigenvalue weighted by Crippen LogP contribution is -2.49. The van der Waals surface area contributed by atoms with Crippen molar-refractivity contribution in [3.63, 3.8) is 0 Å². The van der Waals surface area contributed by atoms with Gasteiger partial charge >= 0.3 is 0 Å². The third-order valence-corrected chi connectivity index (χ3v) is 6.75. The number of rotatable bonds is 13. The summed E-state index contributed by atoms with van der Waals surface area (Å²) in [4.78, 5) is 26.0. The SMILES string of the molecule is O=C(CCCCCOc1ccccc1CN(C(=O)c1ccc(-c2ccccc2)cc1)C(O)(O)c1ccccc1)NO. The Morgan fingerprint density at radius 2 is 1.34 bits per heavy atom. The van der Waals surface area contributed by atoms with Gasteiger partial charge in [-0.1, -0.05) is 91.0 Å². The van der Waals surface area contributed by atoms with Crippen molar-refractivity contribution in [2.75, 3.05) is 6.61 Å². The molecule has 0 aromatic heterocycles. The summed E-state index contributed by atoms with van der Waals surface area (Å²) >= 11 is 0. The van der Waals surface area contributed by atoms with Crippen molar-refractivity contribution in [1.82, 2.24) is 10.4 Å². The van der Waals surface area contributed by atoms with Gasteiger partial charge in [-0.15, -0.1) is 0 Å². The van der Waals surface area contributed by atoms with E-state index in [9.17, 15) is 19.8 Å². The first-order chi connectivity index (χ1) is 19.9. The van der Waals surface area contributed by atoms with Crippen LogP contribution < -0.4 is 10.2 Å². The Bertz CT molecular complexity index is 1410. The second kappa shape index (κ2) is 14.2. The number of carbonyl (C=O) groups excluding carboxylic acids is 2. The van der Waals surface area contributed by atoms with E-state index in [0.717, 1.165) is 22.4 Å². The number of nitrogens with zero attached hydrogens (tertiary/aromatic N) is 1. The topological polar surface area (TPSA) is 119 Å². The quantitative estimate of drug-likeness (QED) is 0.0777. The maximum absolute atomic E-state index is 13.9. The zero-order chi connectivity index (χ0) is 29.1. The van der Waals surface area contributed by atoms with Crippen LogP contribution in [0.1, 0.15) is 47.2 Å². The van der Waals surface area contributed by atoms with Gasteiger partial charge in [0.15, 0.2) is 0 Å². The van der Waals surface area contributed by atoms with Crippen molar-refractivity contribution in [3.05, 3.63) is 126 Å². The van der Waals surface area contributed by atoms with Crippen LogP contribution in [0, 0.1) is 0 Å². The minimum atomic E-state index is -2.60. The fourth-order valence-corrected chi connectivity index (χ4v) is 4.48. The molecule has 8 nitrogen and oxygen atoms in total. The molecule has 0 aliphatic heterocycles. The summed E-state index contributed by atoms with van der Waals surface area (Å²) in [7, 11) is 0. The molecule has 4 N–H and O–H groups in total. The molecule has 0 bridgehead atoms. The molecular formula is C33H34N2O6. The molecule has 4 rings (SSSR count). The lowest BCUT2D eigenvalue weighted by atomic mass is 10.0. The number of ether oxygens (including phenoxy) is 1. The predicted octanol–water partition coefficient (Wildman–Crippen LogP) is 5.24. The van der Waals surface area contributed by atoms with Crippen LogP contribution in [0.15, 0.2) is 109 Å². The Labute approximate surface area is 239 Å². The molecule has 0 fully saturated rings. The van der Waals surface area contributed by atoms with Crippen LogP contribution in [-0.2, 0) is 17.3 Å². The number of benzene rings is 4. The second-order valence-corrected chi connectivity index (χ2v) is 9.64. The Kier molecular flexibility index (Phi) is 10.2. The highest BCUT2D eigenvalue weighted by molar-refractivity contribution is 5.95. The third kappa shape index (κ3) is 7.79. The van der Waals surface area contributed by atoms with E-state index < -0.39 is 17.7 Å². The van der Waals surface area contributed by atoms with Crippen molar-refractivity contribution in [1.29, 1.82) is 0 Å². The van der Waals surface area contributed by atoms with E-state index in [-0.39, 0.29) is 18.5 Å². The number of nitrogens with one attached hydrogen (secondary N) is 1. The summed E-state index contributed by atoms with van der Waals surface area (Å²) in [5, 5.41) is 31.3. The first-order valence-corrected chi connectivity index (χ1v) is 13.5. The van der Waals surface area contributed by atoms with Gasteiger partial charge in [0.05, 0.1) is 13.2 Å². The maximum Gasteiger partial charge on any atom is 0.278 e. The van der Waals surface area contributed by atoms with Gasteiger partial charge in [-0.25, -0.2) is 5.48 Å².